The molecule has 13 heavy (non-hydrogen) atoms. The van der Waals surface area contributed by atoms with E-state index in [-0.39, 0.29) is 6.29 Å². The second-order valence-electron chi connectivity index (χ2n) is 2.33. The van der Waals surface area contributed by atoms with Gasteiger partial charge >= 0.3 is 0 Å². The van der Waals surface area contributed by atoms with Crippen LogP contribution in [0.15, 0.2) is 30.3 Å². The summed E-state index contributed by atoms with van der Waals surface area (Å²) in [5, 5.41) is 0. The monoisotopic (exact) mass is 216 g/mol. The van der Waals surface area contributed by atoms with Gasteiger partial charge in [0.25, 0.3) is 0 Å². The molecule has 1 aromatic rings. The fraction of sp³-hybridized carbons (Fsp3) is 0.333. The van der Waals surface area contributed by atoms with Gasteiger partial charge in [-0.2, -0.15) is 25.3 Å². The van der Waals surface area contributed by atoms with E-state index in [2.05, 4.69) is 25.3 Å². The van der Waals surface area contributed by atoms with Gasteiger partial charge in [0.1, 0.15) is 0 Å². The second kappa shape index (κ2) is 6.32. The van der Waals surface area contributed by atoms with Crippen molar-refractivity contribution in [3.8, 4) is 0 Å². The van der Waals surface area contributed by atoms with Gasteiger partial charge in [-0.3, -0.25) is 0 Å². The smallest absolute Gasteiger partial charge is 0.185 e. The summed E-state index contributed by atoms with van der Waals surface area (Å²) in [6.07, 6.45) is -0.365. The maximum Gasteiger partial charge on any atom is 0.185 e. The molecule has 0 amide bonds. The van der Waals surface area contributed by atoms with Crippen molar-refractivity contribution in [1.82, 2.24) is 0 Å². The Morgan fingerprint density at radius 1 is 1.00 bits per heavy atom. The van der Waals surface area contributed by atoms with Gasteiger partial charge in [-0.1, -0.05) is 30.3 Å². The summed E-state index contributed by atoms with van der Waals surface area (Å²) >= 11 is 7.95. The van der Waals surface area contributed by atoms with Crippen LogP contribution in [0, 0.1) is 0 Å². The molecule has 0 aromatic heterocycles. The normalized spacial score (nSPS) is 10.7. The molecule has 0 atom stereocenters. The van der Waals surface area contributed by atoms with E-state index in [0.29, 0.717) is 11.9 Å². The molecule has 1 rings (SSSR count). The van der Waals surface area contributed by atoms with E-state index in [1.54, 1.807) is 0 Å². The van der Waals surface area contributed by atoms with Gasteiger partial charge in [0.05, 0.1) is 11.9 Å². The molecule has 0 heterocycles. The summed E-state index contributed by atoms with van der Waals surface area (Å²) in [6.45, 7) is 0. The van der Waals surface area contributed by atoms with Crippen molar-refractivity contribution < 1.29 is 9.47 Å². The van der Waals surface area contributed by atoms with Gasteiger partial charge in [0, 0.05) is 5.56 Å². The first-order chi connectivity index (χ1) is 6.38. The highest BCUT2D eigenvalue weighted by Gasteiger charge is 2.09. The van der Waals surface area contributed by atoms with Crippen molar-refractivity contribution in [3.05, 3.63) is 35.9 Å². The first kappa shape index (κ1) is 10.9. The minimum Gasteiger partial charge on any atom is -0.338 e. The molecular weight excluding hydrogens is 204 g/mol. The van der Waals surface area contributed by atoms with Crippen LogP contribution in [0.25, 0.3) is 0 Å². The highest BCUT2D eigenvalue weighted by molar-refractivity contribution is 7.80. The van der Waals surface area contributed by atoms with E-state index in [0.717, 1.165) is 5.56 Å². The van der Waals surface area contributed by atoms with E-state index in [1.165, 1.54) is 0 Å². The highest BCUT2D eigenvalue weighted by atomic mass is 32.1. The third-order valence-electron chi connectivity index (χ3n) is 1.52. The summed E-state index contributed by atoms with van der Waals surface area (Å²) in [5.74, 6) is 0.653. The molecule has 1 aromatic carbocycles. The van der Waals surface area contributed by atoms with Gasteiger partial charge in [-0.25, -0.2) is 0 Å². The molecule has 0 fully saturated rings. The van der Waals surface area contributed by atoms with Crippen molar-refractivity contribution in [1.29, 1.82) is 0 Å². The number of benzene rings is 1. The average Bonchev–Trinajstić information content (AvgIpc) is 2.19. The summed E-state index contributed by atoms with van der Waals surface area (Å²) in [7, 11) is 0. The zero-order valence-electron chi connectivity index (χ0n) is 7.09. The SMILES string of the molecule is SCOC(OCS)c1ccccc1. The summed E-state index contributed by atoms with van der Waals surface area (Å²) in [5.41, 5.74) is 0.977. The largest absolute Gasteiger partial charge is 0.338 e. The molecule has 2 nitrogen and oxygen atoms in total. The third kappa shape index (κ3) is 3.60. The van der Waals surface area contributed by atoms with Gasteiger partial charge in [-0.05, 0) is 0 Å². The van der Waals surface area contributed by atoms with Gasteiger partial charge < -0.3 is 9.47 Å². The van der Waals surface area contributed by atoms with Crippen LogP contribution in [0.1, 0.15) is 11.9 Å². The zero-order valence-corrected chi connectivity index (χ0v) is 8.88. The van der Waals surface area contributed by atoms with Crippen LogP contribution in [0.5, 0.6) is 0 Å². The molecule has 0 radical (unpaired) electrons. The Labute approximate surface area is 89.1 Å². The molecule has 0 saturated heterocycles. The van der Waals surface area contributed by atoms with Crippen LogP contribution in [-0.2, 0) is 9.47 Å². The van der Waals surface area contributed by atoms with E-state index >= 15 is 0 Å². The van der Waals surface area contributed by atoms with Crippen molar-refractivity contribution in [2.24, 2.45) is 0 Å². The highest BCUT2D eigenvalue weighted by Crippen LogP contribution is 2.18. The topological polar surface area (TPSA) is 18.5 Å². The van der Waals surface area contributed by atoms with E-state index in [4.69, 9.17) is 9.47 Å². The Bertz CT molecular complexity index is 222. The van der Waals surface area contributed by atoms with Gasteiger partial charge in [0.2, 0.25) is 0 Å². The maximum atomic E-state index is 5.26. The van der Waals surface area contributed by atoms with E-state index in [9.17, 15) is 0 Å². The van der Waals surface area contributed by atoms with Crippen LogP contribution in [0.3, 0.4) is 0 Å². The minimum absolute atomic E-state index is 0.327. The van der Waals surface area contributed by atoms with Gasteiger partial charge in [0.15, 0.2) is 6.29 Å². The molecule has 0 N–H and O–H groups in total. The average molecular weight is 216 g/mol. The lowest BCUT2D eigenvalue weighted by molar-refractivity contribution is -0.116. The number of rotatable bonds is 5. The fourth-order valence-electron chi connectivity index (χ4n) is 0.986. The quantitative estimate of drug-likeness (QED) is 0.582. The molecule has 4 heteroatoms. The standard InChI is InChI=1S/C9H12O2S2/c12-6-10-9(11-7-13)8-4-2-1-3-5-8/h1-5,9,12-13H,6-7H2. The van der Waals surface area contributed by atoms with Crippen molar-refractivity contribution in [2.45, 2.75) is 6.29 Å². The Hall–Kier alpha value is -0.160. The lowest BCUT2D eigenvalue weighted by Crippen LogP contribution is -2.07. The van der Waals surface area contributed by atoms with Crippen LogP contribution in [0.2, 0.25) is 0 Å². The molecule has 0 bridgehead atoms. The van der Waals surface area contributed by atoms with Crippen LogP contribution >= 0.6 is 25.3 Å². The maximum absolute atomic E-state index is 5.26. The number of ether oxygens (including phenoxy) is 2. The number of hydrogen-bond donors (Lipinski definition) is 2. The minimum atomic E-state index is -0.365. The van der Waals surface area contributed by atoms with E-state index < -0.39 is 0 Å². The second-order valence-corrected chi connectivity index (χ2v) is 2.85. The fourth-order valence-corrected chi connectivity index (χ4v) is 1.26. The van der Waals surface area contributed by atoms with Crippen molar-refractivity contribution >= 4 is 25.3 Å². The predicted molar refractivity (Wildman–Crippen MR) is 59.1 cm³/mol. The summed E-state index contributed by atoms with van der Waals surface area (Å²) in [6, 6.07) is 9.70. The molecule has 0 spiro atoms. The van der Waals surface area contributed by atoms with Gasteiger partial charge in [-0.15, -0.1) is 0 Å². The molecule has 72 valence electrons. The van der Waals surface area contributed by atoms with E-state index in [1.807, 2.05) is 30.3 Å². The molecule has 0 aliphatic rings. The first-order valence-corrected chi connectivity index (χ1v) is 5.15. The Balaban J connectivity index is 2.64. The number of thiol groups is 2. The lowest BCUT2D eigenvalue weighted by Gasteiger charge is -2.16. The van der Waals surface area contributed by atoms with Crippen LogP contribution < -0.4 is 0 Å². The first-order valence-electron chi connectivity index (χ1n) is 3.88. The predicted octanol–water partition coefficient (Wildman–Crippen LogP) is 2.49. The van der Waals surface area contributed by atoms with Crippen LogP contribution in [-0.4, -0.2) is 11.9 Å². The molecule has 0 unspecified atom stereocenters. The molecule has 0 aliphatic carbocycles. The Morgan fingerprint density at radius 3 is 2.00 bits per heavy atom. The zero-order chi connectivity index (χ0) is 9.52. The molecule has 0 aliphatic heterocycles. The molecule has 0 saturated carbocycles. The molecular formula is C9H12O2S2. The van der Waals surface area contributed by atoms with Crippen LogP contribution in [0.4, 0.5) is 0 Å². The summed E-state index contributed by atoms with van der Waals surface area (Å²) < 4.78 is 10.5. The number of hydrogen-bond acceptors (Lipinski definition) is 4. The summed E-state index contributed by atoms with van der Waals surface area (Å²) in [4.78, 5) is 0. The Kier molecular flexibility index (Phi) is 5.31. The third-order valence-corrected chi connectivity index (χ3v) is 1.82. The Morgan fingerprint density at radius 2 is 1.54 bits per heavy atom. The van der Waals surface area contributed by atoms with Crippen molar-refractivity contribution in [2.75, 3.05) is 11.9 Å². The lowest BCUT2D eigenvalue weighted by atomic mass is 10.2. The van der Waals surface area contributed by atoms with Crippen molar-refractivity contribution in [3.63, 3.8) is 0 Å².